The lowest BCUT2D eigenvalue weighted by Crippen LogP contribution is -2.46. The number of piperazine rings is 1. The van der Waals surface area contributed by atoms with E-state index in [1.807, 2.05) is 38.4 Å². The van der Waals surface area contributed by atoms with Gasteiger partial charge in [0.1, 0.15) is 0 Å². The van der Waals surface area contributed by atoms with Gasteiger partial charge in [-0.1, -0.05) is 44.2 Å². The molecule has 0 amide bonds. The van der Waals surface area contributed by atoms with E-state index in [4.69, 9.17) is 9.47 Å². The van der Waals surface area contributed by atoms with Crippen LogP contribution in [0.15, 0.2) is 67.0 Å². The van der Waals surface area contributed by atoms with Gasteiger partial charge in [0.15, 0.2) is 11.5 Å². The SMILES string of the molecule is CC.COc1ccc(-c2ccc(C(c3ccncc3)N3CCN(C)CC3)cc2)cc1OC. The lowest BCUT2D eigenvalue weighted by molar-refractivity contribution is 0.127. The smallest absolute Gasteiger partial charge is 0.161 e. The predicted octanol–water partition coefficient (Wildman–Crippen LogP) is 5.13. The number of aromatic nitrogens is 1. The fourth-order valence-electron chi connectivity index (χ4n) is 4.11. The van der Waals surface area contributed by atoms with E-state index in [0.29, 0.717) is 0 Å². The molecule has 170 valence electrons. The van der Waals surface area contributed by atoms with Crippen molar-refractivity contribution in [3.05, 3.63) is 78.1 Å². The highest BCUT2D eigenvalue weighted by Crippen LogP contribution is 2.34. The molecule has 3 aromatic rings. The Kier molecular flexibility index (Phi) is 8.65. The minimum Gasteiger partial charge on any atom is -0.493 e. The van der Waals surface area contributed by atoms with Crippen molar-refractivity contribution in [2.45, 2.75) is 19.9 Å². The Balaban J connectivity index is 0.00000141. The van der Waals surface area contributed by atoms with Crippen LogP contribution in [0.1, 0.15) is 31.0 Å². The average molecular weight is 434 g/mol. The summed E-state index contributed by atoms with van der Waals surface area (Å²) in [5.74, 6) is 1.48. The second-order valence-corrected chi connectivity index (χ2v) is 7.71. The molecule has 0 aliphatic carbocycles. The van der Waals surface area contributed by atoms with E-state index in [1.54, 1.807) is 14.2 Å². The molecule has 1 fully saturated rings. The fourth-order valence-corrected chi connectivity index (χ4v) is 4.11. The van der Waals surface area contributed by atoms with Crippen molar-refractivity contribution in [3.63, 3.8) is 0 Å². The molecule has 32 heavy (non-hydrogen) atoms. The van der Waals surface area contributed by atoms with E-state index in [9.17, 15) is 0 Å². The van der Waals surface area contributed by atoms with Gasteiger partial charge in [-0.2, -0.15) is 0 Å². The van der Waals surface area contributed by atoms with Gasteiger partial charge in [0.25, 0.3) is 0 Å². The van der Waals surface area contributed by atoms with E-state index >= 15 is 0 Å². The summed E-state index contributed by atoms with van der Waals surface area (Å²) in [5.41, 5.74) is 4.86. The third kappa shape index (κ3) is 5.47. The van der Waals surface area contributed by atoms with Crippen molar-refractivity contribution in [3.8, 4) is 22.6 Å². The van der Waals surface area contributed by atoms with Crippen LogP contribution >= 0.6 is 0 Å². The number of methoxy groups -OCH3 is 2. The molecule has 0 radical (unpaired) electrons. The third-order valence-corrected chi connectivity index (χ3v) is 5.87. The summed E-state index contributed by atoms with van der Waals surface area (Å²) in [6, 6.07) is 19.4. The molecule has 5 heteroatoms. The number of ether oxygens (including phenoxy) is 2. The largest absolute Gasteiger partial charge is 0.493 e. The predicted molar refractivity (Wildman–Crippen MR) is 131 cm³/mol. The van der Waals surface area contributed by atoms with Gasteiger partial charge in [0.2, 0.25) is 0 Å². The molecule has 4 rings (SSSR count). The van der Waals surface area contributed by atoms with Crippen molar-refractivity contribution in [1.29, 1.82) is 0 Å². The minimum absolute atomic E-state index is 0.237. The number of rotatable bonds is 6. The van der Waals surface area contributed by atoms with Gasteiger partial charge in [-0.05, 0) is 53.6 Å². The van der Waals surface area contributed by atoms with Crippen LogP contribution in [0.3, 0.4) is 0 Å². The Hall–Kier alpha value is -2.89. The average Bonchev–Trinajstić information content (AvgIpc) is 2.87. The molecule has 5 nitrogen and oxygen atoms in total. The molecule has 1 aliphatic heterocycles. The first-order valence-electron chi connectivity index (χ1n) is 11.3. The first-order chi connectivity index (χ1) is 15.7. The Bertz CT molecular complexity index is 952. The van der Waals surface area contributed by atoms with Crippen LogP contribution in [-0.4, -0.2) is 62.2 Å². The van der Waals surface area contributed by atoms with Gasteiger partial charge >= 0.3 is 0 Å². The van der Waals surface area contributed by atoms with Gasteiger partial charge in [0, 0.05) is 38.6 Å². The monoisotopic (exact) mass is 433 g/mol. The van der Waals surface area contributed by atoms with Crippen molar-refractivity contribution in [1.82, 2.24) is 14.8 Å². The number of hydrogen-bond donors (Lipinski definition) is 0. The van der Waals surface area contributed by atoms with E-state index in [0.717, 1.165) is 48.8 Å². The van der Waals surface area contributed by atoms with Gasteiger partial charge in [-0.25, -0.2) is 0 Å². The Morgan fingerprint density at radius 2 is 1.28 bits per heavy atom. The molecular weight excluding hydrogens is 398 g/mol. The second kappa shape index (κ2) is 11.7. The molecule has 2 aromatic carbocycles. The highest BCUT2D eigenvalue weighted by Gasteiger charge is 2.25. The molecule has 1 aromatic heterocycles. The summed E-state index contributed by atoms with van der Waals surface area (Å²) in [6.45, 7) is 8.29. The molecule has 0 N–H and O–H groups in total. The molecule has 2 heterocycles. The maximum atomic E-state index is 5.46. The molecule has 0 spiro atoms. The van der Waals surface area contributed by atoms with Crippen LogP contribution in [0.5, 0.6) is 11.5 Å². The zero-order valence-electron chi connectivity index (χ0n) is 19.9. The standard InChI is InChI=1S/C25H29N3O2.C2H6/c1-27-14-16-28(17-15-27)25(21-10-12-26-13-11-21)20-6-4-19(5-7-20)22-8-9-23(29-2)24(18-22)30-3;1-2/h4-13,18,25H,14-17H2,1-3H3;1-2H3. The van der Waals surface area contributed by atoms with Gasteiger partial charge < -0.3 is 14.4 Å². The summed E-state index contributed by atoms with van der Waals surface area (Å²) in [4.78, 5) is 9.17. The number of nitrogens with zero attached hydrogens (tertiary/aromatic N) is 3. The molecular formula is C27H35N3O2. The third-order valence-electron chi connectivity index (χ3n) is 5.87. The Morgan fingerprint density at radius 1 is 0.719 bits per heavy atom. The van der Waals surface area contributed by atoms with E-state index in [-0.39, 0.29) is 6.04 Å². The normalized spacial score (nSPS) is 15.4. The van der Waals surface area contributed by atoms with E-state index in [2.05, 4.69) is 64.3 Å². The fraction of sp³-hybridized carbons (Fsp3) is 0.370. The number of hydrogen-bond acceptors (Lipinski definition) is 5. The van der Waals surface area contributed by atoms with Gasteiger partial charge in [-0.3, -0.25) is 9.88 Å². The van der Waals surface area contributed by atoms with E-state index < -0.39 is 0 Å². The molecule has 1 atom stereocenters. The Morgan fingerprint density at radius 3 is 1.88 bits per heavy atom. The maximum absolute atomic E-state index is 5.46. The van der Waals surface area contributed by atoms with Crippen LogP contribution in [0.25, 0.3) is 11.1 Å². The van der Waals surface area contributed by atoms with Crippen molar-refractivity contribution < 1.29 is 9.47 Å². The molecule has 1 saturated heterocycles. The lowest BCUT2D eigenvalue weighted by atomic mass is 9.95. The maximum Gasteiger partial charge on any atom is 0.161 e. The van der Waals surface area contributed by atoms with Crippen LogP contribution in [-0.2, 0) is 0 Å². The Labute approximate surface area is 192 Å². The molecule has 0 bridgehead atoms. The van der Waals surface area contributed by atoms with Gasteiger partial charge in [0.05, 0.1) is 20.3 Å². The highest BCUT2D eigenvalue weighted by atomic mass is 16.5. The summed E-state index contributed by atoms with van der Waals surface area (Å²) >= 11 is 0. The molecule has 1 aliphatic rings. The van der Waals surface area contributed by atoms with Crippen LogP contribution in [0.4, 0.5) is 0 Å². The summed E-state index contributed by atoms with van der Waals surface area (Å²) in [7, 11) is 5.51. The van der Waals surface area contributed by atoms with Crippen LogP contribution < -0.4 is 9.47 Å². The lowest BCUT2D eigenvalue weighted by Gasteiger charge is -2.38. The van der Waals surface area contributed by atoms with Crippen LogP contribution in [0.2, 0.25) is 0 Å². The number of benzene rings is 2. The molecule has 1 unspecified atom stereocenters. The summed E-state index contributed by atoms with van der Waals surface area (Å²) < 4.78 is 10.8. The highest BCUT2D eigenvalue weighted by molar-refractivity contribution is 5.67. The summed E-state index contributed by atoms with van der Waals surface area (Å²) in [6.07, 6.45) is 3.77. The van der Waals surface area contributed by atoms with Crippen molar-refractivity contribution >= 4 is 0 Å². The molecule has 0 saturated carbocycles. The van der Waals surface area contributed by atoms with Gasteiger partial charge in [-0.15, -0.1) is 0 Å². The number of likely N-dealkylation sites (N-methyl/N-ethyl adjacent to an activating group) is 1. The van der Waals surface area contributed by atoms with Crippen LogP contribution in [0, 0.1) is 0 Å². The summed E-state index contributed by atoms with van der Waals surface area (Å²) in [5, 5.41) is 0. The topological polar surface area (TPSA) is 37.8 Å². The minimum atomic E-state index is 0.237. The van der Waals surface area contributed by atoms with E-state index in [1.165, 1.54) is 11.1 Å². The van der Waals surface area contributed by atoms with Crippen molar-refractivity contribution in [2.75, 3.05) is 47.4 Å². The zero-order chi connectivity index (χ0) is 22.9. The first-order valence-corrected chi connectivity index (χ1v) is 11.3. The van der Waals surface area contributed by atoms with Crippen molar-refractivity contribution in [2.24, 2.45) is 0 Å². The second-order valence-electron chi connectivity index (χ2n) is 7.71. The zero-order valence-corrected chi connectivity index (χ0v) is 19.9. The number of pyridine rings is 1. The first kappa shape index (κ1) is 23.8. The quantitative estimate of drug-likeness (QED) is 0.539.